The van der Waals surface area contributed by atoms with Crippen molar-refractivity contribution in [1.82, 2.24) is 4.90 Å². The highest BCUT2D eigenvalue weighted by molar-refractivity contribution is 5.97. The molecule has 6 nitrogen and oxygen atoms in total. The van der Waals surface area contributed by atoms with Crippen molar-refractivity contribution in [2.24, 2.45) is 0 Å². The molecule has 0 saturated heterocycles. The topological polar surface area (TPSA) is 89.9 Å². The summed E-state index contributed by atoms with van der Waals surface area (Å²) < 4.78 is 24.2. The molecular weight excluding hydrogens is 262 g/mol. The number of para-hydroxylation sites is 1. The number of carbonyl (C=O) groups excluding carboxylic acids is 1. The van der Waals surface area contributed by atoms with Crippen LogP contribution in [0.5, 0.6) is 5.75 Å². The zero-order valence-electron chi connectivity index (χ0n) is 9.93. The van der Waals surface area contributed by atoms with E-state index in [1.54, 1.807) is 0 Å². The Hall–Kier alpha value is -2.38. The van der Waals surface area contributed by atoms with E-state index in [-0.39, 0.29) is 5.69 Å². The van der Waals surface area contributed by atoms with Gasteiger partial charge in [-0.25, -0.2) is 18.4 Å². The van der Waals surface area contributed by atoms with Crippen LogP contribution >= 0.6 is 0 Å². The minimum Gasteiger partial charge on any atom is -0.505 e. The summed E-state index contributed by atoms with van der Waals surface area (Å²) in [4.78, 5) is 23.0. The third-order valence-corrected chi connectivity index (χ3v) is 2.27. The lowest BCUT2D eigenvalue weighted by Crippen LogP contribution is -2.34. The number of alkyl halides is 2. The smallest absolute Gasteiger partial charge is 0.339 e. The van der Waals surface area contributed by atoms with Gasteiger partial charge in [-0.1, -0.05) is 6.07 Å². The summed E-state index contributed by atoms with van der Waals surface area (Å²) in [5, 5.41) is 20.5. The van der Waals surface area contributed by atoms with E-state index in [0.29, 0.717) is 0 Å². The molecule has 3 N–H and O–H groups in total. The van der Waals surface area contributed by atoms with Crippen molar-refractivity contribution in [3.63, 3.8) is 0 Å². The van der Waals surface area contributed by atoms with Gasteiger partial charge in [-0.2, -0.15) is 0 Å². The molecule has 0 fully saturated rings. The van der Waals surface area contributed by atoms with E-state index in [1.807, 2.05) is 0 Å². The van der Waals surface area contributed by atoms with Gasteiger partial charge in [0.05, 0.1) is 12.2 Å². The second-order valence-corrected chi connectivity index (χ2v) is 3.71. The Bertz CT molecular complexity index is 494. The minimum atomic E-state index is -2.69. The number of nitrogens with one attached hydrogen (secondary N) is 1. The van der Waals surface area contributed by atoms with E-state index in [2.05, 4.69) is 5.32 Å². The first-order valence-corrected chi connectivity index (χ1v) is 5.18. The standard InChI is InChI=1S/C11H12F2N2O4/c1-15(5-8(12)13)11(19)14-7-4-2-3-6(9(7)16)10(17)18/h2-4,8,16H,5H2,1H3,(H,14,19)(H,17,18). The average Bonchev–Trinajstić information content (AvgIpc) is 2.30. The fraction of sp³-hybridized carbons (Fsp3) is 0.273. The predicted molar refractivity (Wildman–Crippen MR) is 62.7 cm³/mol. The first kappa shape index (κ1) is 14.7. The second kappa shape index (κ2) is 5.98. The van der Waals surface area contributed by atoms with E-state index in [1.165, 1.54) is 12.1 Å². The lowest BCUT2D eigenvalue weighted by molar-refractivity contribution is 0.0693. The highest BCUT2D eigenvalue weighted by atomic mass is 19.3. The Labute approximate surface area is 107 Å². The Morgan fingerprint density at radius 1 is 1.42 bits per heavy atom. The lowest BCUT2D eigenvalue weighted by atomic mass is 10.1. The van der Waals surface area contributed by atoms with E-state index in [4.69, 9.17) is 5.11 Å². The summed E-state index contributed by atoms with van der Waals surface area (Å²) in [6.45, 7) is -0.773. The number of aromatic hydroxyl groups is 1. The monoisotopic (exact) mass is 274 g/mol. The summed E-state index contributed by atoms with van der Waals surface area (Å²) in [5.74, 6) is -2.00. The number of benzene rings is 1. The van der Waals surface area contributed by atoms with Crippen LogP contribution in [-0.4, -0.2) is 47.1 Å². The van der Waals surface area contributed by atoms with Gasteiger partial charge in [0.15, 0.2) is 5.75 Å². The first-order valence-electron chi connectivity index (χ1n) is 5.18. The lowest BCUT2D eigenvalue weighted by Gasteiger charge is -2.18. The Morgan fingerprint density at radius 2 is 2.05 bits per heavy atom. The maximum Gasteiger partial charge on any atom is 0.339 e. The molecule has 0 radical (unpaired) electrons. The largest absolute Gasteiger partial charge is 0.505 e. The SMILES string of the molecule is CN(CC(F)F)C(=O)Nc1cccc(C(=O)O)c1O. The maximum atomic E-state index is 12.1. The number of hydrogen-bond acceptors (Lipinski definition) is 3. The molecule has 0 atom stereocenters. The van der Waals surface area contributed by atoms with Crippen molar-refractivity contribution in [2.45, 2.75) is 6.43 Å². The van der Waals surface area contributed by atoms with Gasteiger partial charge in [-0.05, 0) is 12.1 Å². The summed E-state index contributed by atoms with van der Waals surface area (Å²) in [6.07, 6.45) is -2.69. The molecule has 1 rings (SSSR count). The predicted octanol–water partition coefficient (Wildman–Crippen LogP) is 1.82. The van der Waals surface area contributed by atoms with Gasteiger partial charge < -0.3 is 20.4 Å². The highest BCUT2D eigenvalue weighted by Gasteiger charge is 2.18. The minimum absolute atomic E-state index is 0.161. The number of carbonyl (C=O) groups is 2. The van der Waals surface area contributed by atoms with Crippen LogP contribution < -0.4 is 5.32 Å². The number of urea groups is 1. The average molecular weight is 274 g/mol. The van der Waals surface area contributed by atoms with E-state index in [0.717, 1.165) is 18.0 Å². The fourth-order valence-electron chi connectivity index (χ4n) is 1.32. The number of rotatable bonds is 4. The van der Waals surface area contributed by atoms with Crippen molar-refractivity contribution >= 4 is 17.7 Å². The van der Waals surface area contributed by atoms with Crippen LogP contribution in [0.4, 0.5) is 19.3 Å². The number of hydrogen-bond donors (Lipinski definition) is 3. The van der Waals surface area contributed by atoms with Gasteiger partial charge in [0, 0.05) is 7.05 Å². The van der Waals surface area contributed by atoms with Gasteiger partial charge in [-0.3, -0.25) is 0 Å². The molecule has 1 aromatic rings. The molecule has 0 spiro atoms. The van der Waals surface area contributed by atoms with Crippen LogP contribution in [0.25, 0.3) is 0 Å². The van der Waals surface area contributed by atoms with E-state index >= 15 is 0 Å². The number of phenols is 1. The number of nitrogens with zero attached hydrogens (tertiary/aromatic N) is 1. The van der Waals surface area contributed by atoms with Crippen molar-refractivity contribution in [2.75, 3.05) is 18.9 Å². The number of anilines is 1. The molecule has 0 saturated carbocycles. The van der Waals surface area contributed by atoms with Gasteiger partial charge in [0.25, 0.3) is 6.43 Å². The number of carboxylic acid groups (broad SMARTS) is 1. The fourth-order valence-corrected chi connectivity index (χ4v) is 1.32. The highest BCUT2D eigenvalue weighted by Crippen LogP contribution is 2.27. The molecule has 8 heteroatoms. The quantitative estimate of drug-likeness (QED) is 0.730. The zero-order valence-corrected chi connectivity index (χ0v) is 9.93. The molecule has 0 aliphatic rings. The van der Waals surface area contributed by atoms with Crippen molar-refractivity contribution in [1.29, 1.82) is 0 Å². The van der Waals surface area contributed by atoms with Crippen LogP contribution in [-0.2, 0) is 0 Å². The van der Waals surface area contributed by atoms with Crippen molar-refractivity contribution < 1.29 is 28.6 Å². The first-order chi connectivity index (χ1) is 8.82. The third kappa shape index (κ3) is 3.80. The number of halogens is 2. The van der Waals surface area contributed by atoms with Crippen LogP contribution in [0.2, 0.25) is 0 Å². The summed E-state index contributed by atoms with van der Waals surface area (Å²) >= 11 is 0. The maximum absolute atomic E-state index is 12.1. The normalized spacial score (nSPS) is 10.3. The summed E-state index contributed by atoms with van der Waals surface area (Å²) in [6, 6.07) is 2.84. The van der Waals surface area contributed by atoms with E-state index < -0.39 is 36.3 Å². The van der Waals surface area contributed by atoms with Crippen LogP contribution in [0.15, 0.2) is 18.2 Å². The Kier molecular flexibility index (Phi) is 4.62. The van der Waals surface area contributed by atoms with Gasteiger partial charge in [-0.15, -0.1) is 0 Å². The van der Waals surface area contributed by atoms with Gasteiger partial charge in [0.1, 0.15) is 5.56 Å². The molecule has 0 heterocycles. The van der Waals surface area contributed by atoms with Crippen molar-refractivity contribution in [3.05, 3.63) is 23.8 Å². The Morgan fingerprint density at radius 3 is 2.58 bits per heavy atom. The van der Waals surface area contributed by atoms with Crippen LogP contribution in [0.3, 0.4) is 0 Å². The molecule has 2 amide bonds. The second-order valence-electron chi connectivity index (χ2n) is 3.71. The van der Waals surface area contributed by atoms with Crippen LogP contribution in [0, 0.1) is 0 Å². The summed E-state index contributed by atoms with van der Waals surface area (Å²) in [7, 11) is 1.15. The van der Waals surface area contributed by atoms with Gasteiger partial charge >= 0.3 is 12.0 Å². The molecule has 104 valence electrons. The number of carboxylic acids is 1. The molecule has 0 aliphatic heterocycles. The molecule has 19 heavy (non-hydrogen) atoms. The van der Waals surface area contributed by atoms with Crippen molar-refractivity contribution in [3.8, 4) is 5.75 Å². The molecule has 1 aromatic carbocycles. The zero-order chi connectivity index (χ0) is 14.6. The van der Waals surface area contributed by atoms with Crippen LogP contribution in [0.1, 0.15) is 10.4 Å². The van der Waals surface area contributed by atoms with E-state index in [9.17, 15) is 23.5 Å². The molecule has 0 bridgehead atoms. The summed E-state index contributed by atoms with van der Waals surface area (Å²) in [5.41, 5.74) is -0.555. The molecular formula is C11H12F2N2O4. The molecule has 0 aromatic heterocycles. The Balaban J connectivity index is 2.86. The number of aromatic carboxylic acids is 1. The third-order valence-electron chi connectivity index (χ3n) is 2.27. The number of amides is 2. The molecule has 0 aliphatic carbocycles. The van der Waals surface area contributed by atoms with Gasteiger partial charge in [0.2, 0.25) is 0 Å². The molecule has 0 unspecified atom stereocenters.